The van der Waals surface area contributed by atoms with Gasteiger partial charge in [0.15, 0.2) is 16.6 Å². The van der Waals surface area contributed by atoms with E-state index in [2.05, 4.69) is 31.3 Å². The number of nitrogens with zero attached hydrogens (tertiary/aromatic N) is 6. The van der Waals surface area contributed by atoms with Crippen molar-refractivity contribution in [2.24, 2.45) is 49.7 Å². The number of Topliss-reactive ketones (excluding diaryl/α,β-unsaturated/α-hetero) is 6. The molecule has 9 rings (SSSR count). The molecule has 3 atom stereocenters. The number of amides is 6. The number of ketones is 6. The fourth-order valence-electron chi connectivity index (χ4n) is 11.8. The number of hydrogen-bond donors (Lipinski definition) is 9. The molecule has 6 aromatic rings. The minimum absolute atomic E-state index is 0. The van der Waals surface area contributed by atoms with Crippen LogP contribution in [0, 0.1) is 0 Å². The number of nitrogens with two attached hydrogens (primary N) is 6. The van der Waals surface area contributed by atoms with Crippen LogP contribution in [0.15, 0.2) is 161 Å². The van der Waals surface area contributed by atoms with Gasteiger partial charge in [0.1, 0.15) is 0 Å². The van der Waals surface area contributed by atoms with Gasteiger partial charge in [0, 0.05) is 56.8 Å². The van der Waals surface area contributed by atoms with E-state index in [0.717, 1.165) is 0 Å². The van der Waals surface area contributed by atoms with E-state index in [1.807, 2.05) is 0 Å². The quantitative estimate of drug-likeness (QED) is 0.00719. The van der Waals surface area contributed by atoms with Gasteiger partial charge in [-0.1, -0.05) is 36.4 Å². The molecule has 3 aliphatic rings. The first-order chi connectivity index (χ1) is 47.7. The summed E-state index contributed by atoms with van der Waals surface area (Å²) in [6.07, 6.45) is 1.44. The summed E-state index contributed by atoms with van der Waals surface area (Å²) in [6.45, 7) is 5.77. The van der Waals surface area contributed by atoms with Gasteiger partial charge in [-0.3, -0.25) is 57.5 Å². The second-order valence-corrected chi connectivity index (χ2v) is 25.1. The molecule has 6 aromatic carbocycles. The van der Waals surface area contributed by atoms with E-state index >= 15 is 0 Å². The highest BCUT2D eigenvalue weighted by atomic mass is 35.5. The first-order valence-electron chi connectivity index (χ1n) is 32.6. The Labute approximate surface area is 588 Å². The van der Waals surface area contributed by atoms with Crippen LogP contribution in [0.25, 0.3) is 0 Å². The summed E-state index contributed by atoms with van der Waals surface area (Å²) in [7, 11) is 0. The number of carbonyl (C=O) groups is 12. The van der Waals surface area contributed by atoms with Gasteiger partial charge < -0.3 is 50.4 Å². The van der Waals surface area contributed by atoms with Crippen LogP contribution in [0.4, 0.5) is 34.1 Å². The molecule has 3 heterocycles. The summed E-state index contributed by atoms with van der Waals surface area (Å²) in [5.41, 5.74) is 35.4. The van der Waals surface area contributed by atoms with Crippen molar-refractivity contribution in [2.75, 3.05) is 50.6 Å². The maximum absolute atomic E-state index is 14.4. The Morgan fingerprint density at radius 1 is 0.376 bits per heavy atom. The second-order valence-electron chi connectivity index (χ2n) is 25.1. The zero-order chi connectivity index (χ0) is 72.2. The Kier molecular flexibility index (Phi) is 24.8. The summed E-state index contributed by atoms with van der Waals surface area (Å²) < 4.78 is 0. The monoisotopic (exact) mass is 1390 g/mol. The molecule has 0 unspecified atom stereocenters. The average molecular weight is 1390 g/mol. The number of benzene rings is 6. The topological polar surface area (TPSA) is 444 Å². The minimum atomic E-state index is -2.36. The van der Waals surface area contributed by atoms with Gasteiger partial charge in [0.25, 0.3) is 35.4 Å². The normalized spacial score (nSPS) is 15.3. The van der Waals surface area contributed by atoms with Crippen LogP contribution >= 0.6 is 12.4 Å². The third kappa shape index (κ3) is 17.1. The number of rotatable bonds is 33. The van der Waals surface area contributed by atoms with E-state index < -0.39 is 75.0 Å². The van der Waals surface area contributed by atoms with Gasteiger partial charge in [0.05, 0.1) is 36.3 Å². The fourth-order valence-corrected chi connectivity index (χ4v) is 11.8. The molecule has 0 spiro atoms. The highest BCUT2D eigenvalue weighted by molar-refractivity contribution is 6.52. The summed E-state index contributed by atoms with van der Waals surface area (Å²) in [4.78, 5) is 165. The molecule has 0 radical (unpaired) electrons. The molecule has 0 aliphatic carbocycles. The van der Waals surface area contributed by atoms with Crippen molar-refractivity contribution in [1.82, 2.24) is 0 Å². The van der Waals surface area contributed by atoms with Crippen LogP contribution in [0.2, 0.25) is 0 Å². The van der Waals surface area contributed by atoms with Crippen LogP contribution in [-0.2, 0) is 43.2 Å². The van der Waals surface area contributed by atoms with Gasteiger partial charge in [-0.05, 0) is 224 Å². The third-order valence-corrected chi connectivity index (χ3v) is 17.5. The number of unbranched alkanes of at least 4 members (excludes halogenated alkanes) is 3. The standard InChI is InChI=1S/C73H79N15O12.ClH/c1-43-40-58(89)86(83-43)55-28-16-49(17-29-55)62(92)65(95)71(77,34-4-7-37-74)68(98)80-52-22-10-46(11-23-52)61(47-12-24-53(25-13-47)81-69(99)72(78,35-5-8-38-75)66(96)63(93)50-18-30-56(31-19-50)87-59(90)41-44(2)84-87)48-14-26-54(27-15-48)82-70(100)73(79,36-6-9-39-76)67(97)64(94)51-20-32-57(33-21-51)88-60(91)42-45(3)85-88;/h10-33,61H,4-9,34-42,74-79H2,1-3H3,(H,80,98)(H,81,99)(H,82,100);1H/t71-,72-,73-;/m0./s1. The van der Waals surface area contributed by atoms with E-state index in [1.54, 1.807) is 93.6 Å². The molecule has 27 nitrogen and oxygen atoms in total. The maximum atomic E-state index is 14.4. The SMILES string of the molecule is CC1=NN(c2ccc(C(=O)C(=O)[C@@](N)(CCCCN)C(=O)Nc3ccc(C(c4ccc(NC(=O)[C@](N)(CCCCN)C(=O)C(=O)c5ccc(N6N=C(C)CC6=O)cc5)cc4)c4ccc(NC(=O)[C@](N)(CCCCN)C(=O)C(=O)c5ccc(N6N=C(C)CC6=O)cc5)cc4)cc3)cc2)C(=O)C1.Cl. The highest BCUT2D eigenvalue weighted by Crippen LogP contribution is 2.36. The lowest BCUT2D eigenvalue weighted by Crippen LogP contribution is -2.59. The van der Waals surface area contributed by atoms with Crippen molar-refractivity contribution in [3.63, 3.8) is 0 Å². The number of anilines is 6. The Morgan fingerprint density at radius 2 is 0.604 bits per heavy atom. The molecule has 0 bridgehead atoms. The molecular weight excluding hydrogens is 1310 g/mol. The molecule has 28 heteroatoms. The van der Waals surface area contributed by atoms with Gasteiger partial charge in [-0.25, -0.2) is 15.0 Å². The zero-order valence-electron chi connectivity index (χ0n) is 56.0. The molecule has 15 N–H and O–H groups in total. The largest absolute Gasteiger partial charge is 0.330 e. The fraction of sp³-hybridized carbons (Fsp3) is 0.301. The second kappa shape index (κ2) is 32.9. The van der Waals surface area contributed by atoms with Crippen LogP contribution < -0.4 is 65.4 Å². The van der Waals surface area contributed by atoms with Crippen molar-refractivity contribution in [3.05, 3.63) is 179 Å². The van der Waals surface area contributed by atoms with Crippen LogP contribution in [0.1, 0.15) is 152 Å². The Hall–Kier alpha value is -10.8. The minimum Gasteiger partial charge on any atom is -0.330 e. The highest BCUT2D eigenvalue weighted by Gasteiger charge is 2.48. The maximum Gasteiger partial charge on any atom is 0.253 e. The molecule has 0 saturated carbocycles. The van der Waals surface area contributed by atoms with Crippen LogP contribution in [0.3, 0.4) is 0 Å². The molecule has 6 amide bonds. The van der Waals surface area contributed by atoms with Gasteiger partial charge in [0.2, 0.25) is 34.7 Å². The molecule has 101 heavy (non-hydrogen) atoms. The van der Waals surface area contributed by atoms with Gasteiger partial charge in [-0.15, -0.1) is 12.4 Å². The zero-order valence-corrected chi connectivity index (χ0v) is 56.8. The number of nitrogens with one attached hydrogen (secondary N) is 3. The van der Waals surface area contributed by atoms with Crippen LogP contribution in [0.5, 0.6) is 0 Å². The summed E-state index contributed by atoms with van der Waals surface area (Å²) in [5.74, 6) is -11.1. The van der Waals surface area contributed by atoms with Crippen molar-refractivity contribution in [3.8, 4) is 0 Å². The third-order valence-electron chi connectivity index (χ3n) is 17.5. The Balaban J connectivity index is 0.0000130. The van der Waals surface area contributed by atoms with Gasteiger partial charge in [-0.2, -0.15) is 15.3 Å². The van der Waals surface area contributed by atoms with Gasteiger partial charge >= 0.3 is 0 Å². The van der Waals surface area contributed by atoms with E-state index in [9.17, 15) is 57.5 Å². The van der Waals surface area contributed by atoms with E-state index in [-0.39, 0.29) is 141 Å². The summed E-state index contributed by atoms with van der Waals surface area (Å²) >= 11 is 0. The van der Waals surface area contributed by atoms with Crippen molar-refractivity contribution >= 4 is 134 Å². The summed E-state index contributed by atoms with van der Waals surface area (Å²) in [5, 5.41) is 24.4. The smallest absolute Gasteiger partial charge is 0.253 e. The number of halogens is 1. The summed E-state index contributed by atoms with van der Waals surface area (Å²) in [6, 6.07) is 36.3. The molecule has 0 saturated heterocycles. The lowest BCUT2D eigenvalue weighted by atomic mass is 9.83. The number of carbonyl (C=O) groups excluding carboxylic acids is 12. The van der Waals surface area contributed by atoms with Crippen molar-refractivity contribution < 1.29 is 57.5 Å². The van der Waals surface area contributed by atoms with Crippen molar-refractivity contribution in [1.29, 1.82) is 0 Å². The Morgan fingerprint density at radius 3 is 0.802 bits per heavy atom. The molecule has 0 aromatic heterocycles. The van der Waals surface area contributed by atoms with Crippen LogP contribution in [-0.4, -0.2) is 124 Å². The molecule has 3 aliphatic heterocycles. The molecular formula is C73H80ClN15O12. The lowest BCUT2D eigenvalue weighted by Gasteiger charge is -2.27. The number of hydrazone groups is 3. The van der Waals surface area contributed by atoms with E-state index in [4.69, 9.17) is 34.4 Å². The first-order valence-corrected chi connectivity index (χ1v) is 32.6. The molecule has 526 valence electrons. The Bertz CT molecular complexity index is 3860. The van der Waals surface area contributed by atoms with Crippen molar-refractivity contribution in [2.45, 2.75) is 120 Å². The van der Waals surface area contributed by atoms with E-state index in [0.29, 0.717) is 70.2 Å². The first kappa shape index (κ1) is 76.0. The number of hydrogen-bond acceptors (Lipinski definition) is 21. The molecule has 0 fully saturated rings. The average Bonchev–Trinajstić information content (AvgIpc) is 1.63. The van der Waals surface area contributed by atoms with E-state index in [1.165, 1.54) is 87.8 Å². The predicted molar refractivity (Wildman–Crippen MR) is 386 cm³/mol. The predicted octanol–water partition coefficient (Wildman–Crippen LogP) is 6.28. The lowest BCUT2D eigenvalue weighted by molar-refractivity contribution is -0.132.